The minimum atomic E-state index is -0.250. The number of carbonyl (C=O) groups excluding carboxylic acids is 1. The fourth-order valence-corrected chi connectivity index (χ4v) is 3.53. The van der Waals surface area contributed by atoms with E-state index >= 15 is 0 Å². The van der Waals surface area contributed by atoms with E-state index in [0.29, 0.717) is 22.6 Å². The van der Waals surface area contributed by atoms with Crippen molar-refractivity contribution in [3.63, 3.8) is 0 Å². The van der Waals surface area contributed by atoms with Gasteiger partial charge in [-0.25, -0.2) is 4.98 Å². The molecule has 1 amide bonds. The molecule has 0 bridgehead atoms. The molecular weight excluding hydrogens is 406 g/mol. The minimum Gasteiger partial charge on any atom is -0.436 e. The summed E-state index contributed by atoms with van der Waals surface area (Å²) in [5.74, 6) is 0.333. The van der Waals surface area contributed by atoms with Gasteiger partial charge in [0.05, 0.1) is 0 Å². The Bertz CT molecular complexity index is 1320. The molecule has 1 aromatic heterocycles. The van der Waals surface area contributed by atoms with Crippen LogP contribution < -0.4 is 10.6 Å². The monoisotopic (exact) mass is 429 g/mol. The zero-order chi connectivity index (χ0) is 22.1. The van der Waals surface area contributed by atoms with Gasteiger partial charge in [0, 0.05) is 16.8 Å². The Morgan fingerprint density at radius 2 is 1.74 bits per heavy atom. The van der Waals surface area contributed by atoms with Crippen LogP contribution in [0.4, 0.5) is 5.69 Å². The normalized spacial score (nSPS) is 10.8. The van der Waals surface area contributed by atoms with E-state index in [2.05, 4.69) is 35.5 Å². The number of aryl methyl sites for hydroxylation is 3. The third-order valence-corrected chi connectivity index (χ3v) is 5.68. The number of thiocarbonyl (C=S) groups is 1. The topological polar surface area (TPSA) is 67.2 Å². The average Bonchev–Trinajstić information content (AvgIpc) is 3.15. The first-order chi connectivity index (χ1) is 14.8. The summed E-state index contributed by atoms with van der Waals surface area (Å²) in [7, 11) is 0. The second-order valence-electron chi connectivity index (χ2n) is 7.66. The van der Waals surface area contributed by atoms with Crippen LogP contribution in [0.15, 0.2) is 59.0 Å². The first-order valence-corrected chi connectivity index (χ1v) is 10.4. The van der Waals surface area contributed by atoms with Crippen LogP contribution in [0.3, 0.4) is 0 Å². The van der Waals surface area contributed by atoms with E-state index in [1.807, 2.05) is 56.3 Å². The zero-order valence-electron chi connectivity index (χ0n) is 17.9. The summed E-state index contributed by atoms with van der Waals surface area (Å²) >= 11 is 5.32. The third kappa shape index (κ3) is 4.34. The highest BCUT2D eigenvalue weighted by atomic mass is 32.1. The molecule has 0 aliphatic carbocycles. The summed E-state index contributed by atoms with van der Waals surface area (Å²) in [6.45, 7) is 8.11. The first-order valence-electron chi connectivity index (χ1n) is 9.98. The van der Waals surface area contributed by atoms with Crippen LogP contribution >= 0.6 is 12.2 Å². The number of amides is 1. The molecule has 1 heterocycles. The molecule has 156 valence electrons. The number of anilines is 1. The number of oxazole rings is 1. The summed E-state index contributed by atoms with van der Waals surface area (Å²) in [5.41, 5.74) is 8.18. The van der Waals surface area contributed by atoms with Crippen LogP contribution in [0.1, 0.15) is 32.6 Å². The van der Waals surface area contributed by atoms with Gasteiger partial charge in [0.25, 0.3) is 5.91 Å². The van der Waals surface area contributed by atoms with Gasteiger partial charge in [0.15, 0.2) is 10.7 Å². The Balaban J connectivity index is 1.51. The van der Waals surface area contributed by atoms with Gasteiger partial charge in [-0.2, -0.15) is 0 Å². The zero-order valence-corrected chi connectivity index (χ0v) is 18.7. The van der Waals surface area contributed by atoms with Crippen LogP contribution in [-0.4, -0.2) is 16.0 Å². The number of carbonyl (C=O) groups is 1. The number of aromatic nitrogens is 1. The Hall–Kier alpha value is -3.51. The van der Waals surface area contributed by atoms with Crippen molar-refractivity contribution in [2.24, 2.45) is 0 Å². The highest BCUT2D eigenvalue weighted by molar-refractivity contribution is 7.80. The highest BCUT2D eigenvalue weighted by Gasteiger charge is 2.13. The number of rotatable bonds is 3. The highest BCUT2D eigenvalue weighted by Crippen LogP contribution is 2.29. The van der Waals surface area contributed by atoms with Crippen molar-refractivity contribution in [3.8, 4) is 11.5 Å². The first kappa shape index (κ1) is 20.8. The predicted molar refractivity (Wildman–Crippen MR) is 129 cm³/mol. The number of benzene rings is 3. The van der Waals surface area contributed by atoms with Gasteiger partial charge in [-0.3, -0.25) is 10.1 Å². The lowest BCUT2D eigenvalue weighted by molar-refractivity contribution is 0.0977. The molecule has 0 aliphatic rings. The van der Waals surface area contributed by atoms with Crippen molar-refractivity contribution < 1.29 is 9.21 Å². The molecule has 0 unspecified atom stereocenters. The third-order valence-electron chi connectivity index (χ3n) is 5.48. The van der Waals surface area contributed by atoms with E-state index in [4.69, 9.17) is 16.6 Å². The van der Waals surface area contributed by atoms with Crippen LogP contribution in [0, 0.1) is 27.7 Å². The van der Waals surface area contributed by atoms with Crippen LogP contribution in [0.5, 0.6) is 0 Å². The summed E-state index contributed by atoms with van der Waals surface area (Å²) in [6, 6.07) is 17.2. The summed E-state index contributed by atoms with van der Waals surface area (Å²) in [5, 5.41) is 5.99. The van der Waals surface area contributed by atoms with Gasteiger partial charge in [-0.05, 0) is 98.6 Å². The molecule has 0 saturated heterocycles. The molecule has 0 fully saturated rings. The molecule has 6 heteroatoms. The number of hydrogen-bond donors (Lipinski definition) is 2. The Kier molecular flexibility index (Phi) is 5.57. The van der Waals surface area contributed by atoms with Gasteiger partial charge in [-0.15, -0.1) is 0 Å². The molecule has 4 aromatic rings. The van der Waals surface area contributed by atoms with Gasteiger partial charge in [0.2, 0.25) is 5.89 Å². The van der Waals surface area contributed by atoms with Crippen molar-refractivity contribution >= 4 is 40.0 Å². The lowest BCUT2D eigenvalue weighted by Crippen LogP contribution is -2.34. The maximum absolute atomic E-state index is 12.5. The summed E-state index contributed by atoms with van der Waals surface area (Å²) in [6.07, 6.45) is 0. The second kappa shape index (κ2) is 8.32. The molecule has 0 aliphatic heterocycles. The van der Waals surface area contributed by atoms with Gasteiger partial charge in [-0.1, -0.05) is 18.2 Å². The predicted octanol–water partition coefficient (Wildman–Crippen LogP) is 5.86. The van der Waals surface area contributed by atoms with E-state index < -0.39 is 0 Å². The maximum atomic E-state index is 12.5. The van der Waals surface area contributed by atoms with Crippen LogP contribution in [-0.2, 0) is 0 Å². The number of fused-ring (bicyclic) bond motifs is 1. The minimum absolute atomic E-state index is 0.223. The van der Waals surface area contributed by atoms with Crippen molar-refractivity contribution in [3.05, 3.63) is 82.4 Å². The second-order valence-corrected chi connectivity index (χ2v) is 8.06. The van der Waals surface area contributed by atoms with E-state index in [0.717, 1.165) is 27.9 Å². The van der Waals surface area contributed by atoms with Crippen LogP contribution in [0.2, 0.25) is 0 Å². The standard InChI is InChI=1S/C25H23N3O2S/c1-14-8-9-18(12-16(14)3)23(29)28-25(31)26-19-10-11-22-21(13-19)27-24(30-22)20-7-5-6-15(2)17(20)4/h5-13H,1-4H3,(H2,26,28,29,31). The lowest BCUT2D eigenvalue weighted by atomic mass is 10.0. The van der Waals surface area contributed by atoms with Crippen molar-refractivity contribution in [2.75, 3.05) is 5.32 Å². The quantitative estimate of drug-likeness (QED) is 0.400. The average molecular weight is 430 g/mol. The van der Waals surface area contributed by atoms with E-state index in [1.165, 1.54) is 5.56 Å². The molecule has 0 radical (unpaired) electrons. The summed E-state index contributed by atoms with van der Waals surface area (Å²) < 4.78 is 5.95. The number of nitrogens with one attached hydrogen (secondary N) is 2. The van der Waals surface area contributed by atoms with Crippen molar-refractivity contribution in [1.29, 1.82) is 0 Å². The largest absolute Gasteiger partial charge is 0.436 e. The number of nitrogens with zero attached hydrogens (tertiary/aromatic N) is 1. The fourth-order valence-electron chi connectivity index (χ4n) is 3.32. The van der Waals surface area contributed by atoms with Gasteiger partial charge < -0.3 is 9.73 Å². The molecule has 3 aromatic carbocycles. The Labute approximate surface area is 186 Å². The molecule has 4 rings (SSSR count). The molecule has 0 saturated carbocycles. The molecular formula is C25H23N3O2S. The van der Waals surface area contributed by atoms with Crippen molar-refractivity contribution in [2.45, 2.75) is 27.7 Å². The Morgan fingerprint density at radius 3 is 2.52 bits per heavy atom. The Morgan fingerprint density at radius 1 is 0.935 bits per heavy atom. The van der Waals surface area contributed by atoms with E-state index in [9.17, 15) is 4.79 Å². The van der Waals surface area contributed by atoms with Gasteiger partial charge >= 0.3 is 0 Å². The van der Waals surface area contributed by atoms with Gasteiger partial charge in [0.1, 0.15) is 5.52 Å². The molecule has 2 N–H and O–H groups in total. The SMILES string of the molecule is Cc1ccc(C(=O)NC(=S)Nc2ccc3oc(-c4cccc(C)c4C)nc3c2)cc1C. The molecule has 0 atom stereocenters. The lowest BCUT2D eigenvalue weighted by Gasteiger charge is -2.10. The van der Waals surface area contributed by atoms with Crippen molar-refractivity contribution in [1.82, 2.24) is 10.3 Å². The smallest absolute Gasteiger partial charge is 0.257 e. The molecule has 5 nitrogen and oxygen atoms in total. The molecule has 31 heavy (non-hydrogen) atoms. The summed E-state index contributed by atoms with van der Waals surface area (Å²) in [4.78, 5) is 17.1. The number of hydrogen-bond acceptors (Lipinski definition) is 4. The van der Waals surface area contributed by atoms with E-state index in [1.54, 1.807) is 6.07 Å². The van der Waals surface area contributed by atoms with E-state index in [-0.39, 0.29) is 11.0 Å². The maximum Gasteiger partial charge on any atom is 0.257 e. The molecule has 0 spiro atoms. The van der Waals surface area contributed by atoms with Crippen LogP contribution in [0.25, 0.3) is 22.6 Å². The fraction of sp³-hybridized carbons (Fsp3) is 0.160.